The molecule has 0 aliphatic carbocycles. The van der Waals surface area contributed by atoms with E-state index in [-0.39, 0.29) is 10.6 Å². The van der Waals surface area contributed by atoms with Crippen molar-refractivity contribution in [3.63, 3.8) is 0 Å². The molecule has 1 saturated heterocycles. The number of hydrogen-bond acceptors (Lipinski definition) is 5. The van der Waals surface area contributed by atoms with Crippen molar-refractivity contribution >= 4 is 23.3 Å². The average Bonchev–Trinajstić information content (AvgIpc) is 2.74. The molecule has 1 aromatic heterocycles. The quantitative estimate of drug-likeness (QED) is 0.645. The Bertz CT molecular complexity index is 469. The van der Waals surface area contributed by atoms with Gasteiger partial charge in [0.05, 0.1) is 4.92 Å². The van der Waals surface area contributed by atoms with Crippen LogP contribution in [0.2, 0.25) is 0 Å². The Kier molecular flexibility index (Phi) is 5.28. The van der Waals surface area contributed by atoms with Crippen molar-refractivity contribution in [2.45, 2.75) is 44.3 Å². The number of thioether (sulfide) groups is 1. The summed E-state index contributed by atoms with van der Waals surface area (Å²) < 4.78 is 1.61. The number of nitrogens with zero attached hydrogens (tertiary/aromatic N) is 3. The van der Waals surface area contributed by atoms with Crippen LogP contribution >= 0.6 is 11.8 Å². The smallest absolute Gasteiger partial charge is 0.333 e. The zero-order chi connectivity index (χ0) is 14.5. The predicted octanol–water partition coefficient (Wildman–Crippen LogP) is 2.98. The fourth-order valence-corrected chi connectivity index (χ4v) is 3.78. The molecule has 7 heteroatoms. The molecule has 0 bridgehead atoms. The van der Waals surface area contributed by atoms with Gasteiger partial charge in [-0.1, -0.05) is 19.8 Å². The predicted molar refractivity (Wildman–Crippen MR) is 82.4 cm³/mol. The first-order valence-electron chi connectivity index (χ1n) is 7.19. The summed E-state index contributed by atoms with van der Waals surface area (Å²) in [5.41, 5.74) is 0.731. The molecule has 6 nitrogen and oxygen atoms in total. The molecule has 2 heterocycles. The summed E-state index contributed by atoms with van der Waals surface area (Å²) in [6.07, 6.45) is 5.23. The highest BCUT2D eigenvalue weighted by atomic mass is 32.2. The van der Waals surface area contributed by atoms with E-state index in [9.17, 15) is 10.1 Å². The largest absolute Gasteiger partial charge is 0.363 e. The van der Waals surface area contributed by atoms with E-state index in [1.165, 1.54) is 25.0 Å². The molecular formula is C13H22N4O2S. The van der Waals surface area contributed by atoms with Crippen LogP contribution in [0.25, 0.3) is 0 Å². The lowest BCUT2D eigenvalue weighted by Crippen LogP contribution is -2.21. The van der Waals surface area contributed by atoms with E-state index in [4.69, 9.17) is 0 Å². The van der Waals surface area contributed by atoms with Crippen LogP contribution in [-0.4, -0.2) is 32.3 Å². The topological polar surface area (TPSA) is 73.0 Å². The second kappa shape index (κ2) is 6.97. The number of nitrogens with one attached hydrogen (secondary N) is 1. The summed E-state index contributed by atoms with van der Waals surface area (Å²) >= 11 is 1.96. The van der Waals surface area contributed by atoms with E-state index in [1.807, 2.05) is 18.7 Å². The van der Waals surface area contributed by atoms with Crippen LogP contribution in [-0.2, 0) is 13.5 Å². The molecule has 0 aromatic carbocycles. The Morgan fingerprint density at radius 1 is 1.55 bits per heavy atom. The fraction of sp³-hybridized carbons (Fsp3) is 0.769. The van der Waals surface area contributed by atoms with Crippen LogP contribution in [0, 0.1) is 10.1 Å². The molecule has 0 saturated carbocycles. The lowest BCUT2D eigenvalue weighted by molar-refractivity contribution is -0.384. The Morgan fingerprint density at radius 3 is 2.95 bits per heavy atom. The maximum atomic E-state index is 11.3. The third-order valence-corrected chi connectivity index (χ3v) is 4.93. The second-order valence-corrected chi connectivity index (χ2v) is 6.55. The zero-order valence-corrected chi connectivity index (χ0v) is 12.9. The van der Waals surface area contributed by atoms with Gasteiger partial charge in [0.2, 0.25) is 5.82 Å². The number of aromatic nitrogens is 2. The van der Waals surface area contributed by atoms with Gasteiger partial charge in [0.25, 0.3) is 0 Å². The summed E-state index contributed by atoms with van der Waals surface area (Å²) in [7, 11) is 1.77. The third-order valence-electron chi connectivity index (χ3n) is 3.53. The van der Waals surface area contributed by atoms with E-state index in [0.717, 1.165) is 13.0 Å². The lowest BCUT2D eigenvalue weighted by atomic mass is 10.2. The highest BCUT2D eigenvalue weighted by Crippen LogP contribution is 2.30. The molecule has 2 rings (SSSR count). The molecule has 1 unspecified atom stereocenters. The molecule has 1 N–H and O–H groups in total. The summed E-state index contributed by atoms with van der Waals surface area (Å²) in [5.74, 6) is 1.74. The van der Waals surface area contributed by atoms with Crippen LogP contribution in [0.3, 0.4) is 0 Å². The average molecular weight is 298 g/mol. The van der Waals surface area contributed by atoms with Gasteiger partial charge in [0.15, 0.2) is 0 Å². The van der Waals surface area contributed by atoms with E-state index >= 15 is 0 Å². The maximum absolute atomic E-state index is 11.3. The molecule has 112 valence electrons. The zero-order valence-electron chi connectivity index (χ0n) is 12.1. The van der Waals surface area contributed by atoms with Gasteiger partial charge in [-0.3, -0.25) is 10.1 Å². The van der Waals surface area contributed by atoms with Crippen LogP contribution in [0.5, 0.6) is 0 Å². The van der Waals surface area contributed by atoms with Gasteiger partial charge in [-0.15, -0.1) is 0 Å². The molecule has 1 aliphatic heterocycles. The van der Waals surface area contributed by atoms with Crippen LogP contribution in [0.15, 0.2) is 0 Å². The number of hydrogen-bond donors (Lipinski definition) is 1. The molecular weight excluding hydrogens is 276 g/mol. The van der Waals surface area contributed by atoms with E-state index < -0.39 is 0 Å². The first kappa shape index (κ1) is 15.2. The molecule has 0 spiro atoms. The van der Waals surface area contributed by atoms with Gasteiger partial charge in [-0.05, 0) is 25.0 Å². The molecule has 1 atom stereocenters. The molecule has 0 radical (unpaired) electrons. The summed E-state index contributed by atoms with van der Waals surface area (Å²) in [6, 6.07) is 0. The summed E-state index contributed by atoms with van der Waals surface area (Å²) in [4.78, 5) is 11.0. The first-order chi connectivity index (χ1) is 9.63. The number of aryl methyl sites for hydroxylation is 2. The minimum atomic E-state index is -0.311. The van der Waals surface area contributed by atoms with Gasteiger partial charge in [0, 0.05) is 18.8 Å². The monoisotopic (exact) mass is 298 g/mol. The second-order valence-electron chi connectivity index (χ2n) is 5.14. The Hall–Kier alpha value is -1.24. The van der Waals surface area contributed by atoms with Crippen molar-refractivity contribution in [1.29, 1.82) is 0 Å². The SMILES string of the molecule is CCCc1nn(C)c(NCC2CCCCS2)c1[N+](=O)[O-]. The standard InChI is InChI=1S/C13H22N4O2S/c1-3-6-11-12(17(18)19)13(16(2)15-11)14-9-10-7-4-5-8-20-10/h10,14H,3-9H2,1-2H3. The van der Waals surface area contributed by atoms with Crippen molar-refractivity contribution in [1.82, 2.24) is 9.78 Å². The Balaban J connectivity index is 2.11. The van der Waals surface area contributed by atoms with Crippen LogP contribution in [0.1, 0.15) is 38.3 Å². The molecule has 1 fully saturated rings. The van der Waals surface area contributed by atoms with Crippen LogP contribution < -0.4 is 5.32 Å². The Morgan fingerprint density at radius 2 is 2.35 bits per heavy atom. The van der Waals surface area contributed by atoms with Gasteiger partial charge in [-0.2, -0.15) is 16.9 Å². The van der Waals surface area contributed by atoms with Gasteiger partial charge >= 0.3 is 5.69 Å². The maximum Gasteiger partial charge on any atom is 0.333 e. The third kappa shape index (κ3) is 3.45. The molecule has 1 aromatic rings. The highest BCUT2D eigenvalue weighted by Gasteiger charge is 2.26. The molecule has 1 aliphatic rings. The molecule has 20 heavy (non-hydrogen) atoms. The lowest BCUT2D eigenvalue weighted by Gasteiger charge is -2.21. The van der Waals surface area contributed by atoms with E-state index in [1.54, 1.807) is 11.7 Å². The molecule has 0 amide bonds. The Labute approximate surface area is 123 Å². The van der Waals surface area contributed by atoms with Crippen molar-refractivity contribution in [2.24, 2.45) is 7.05 Å². The van der Waals surface area contributed by atoms with Gasteiger partial charge < -0.3 is 5.32 Å². The first-order valence-corrected chi connectivity index (χ1v) is 8.24. The highest BCUT2D eigenvalue weighted by molar-refractivity contribution is 7.99. The minimum Gasteiger partial charge on any atom is -0.363 e. The van der Waals surface area contributed by atoms with E-state index in [2.05, 4.69) is 10.4 Å². The van der Waals surface area contributed by atoms with Crippen LogP contribution in [0.4, 0.5) is 11.5 Å². The normalized spacial score (nSPS) is 19.0. The van der Waals surface area contributed by atoms with Crippen molar-refractivity contribution in [3.8, 4) is 0 Å². The van der Waals surface area contributed by atoms with E-state index in [0.29, 0.717) is 23.2 Å². The minimum absolute atomic E-state index is 0.148. The summed E-state index contributed by atoms with van der Waals surface area (Å²) in [5, 5.41) is 19.4. The van der Waals surface area contributed by atoms with Gasteiger partial charge in [-0.25, -0.2) is 4.68 Å². The number of rotatable bonds is 6. The fourth-order valence-electron chi connectivity index (χ4n) is 2.54. The summed E-state index contributed by atoms with van der Waals surface area (Å²) in [6.45, 7) is 2.78. The van der Waals surface area contributed by atoms with Crippen molar-refractivity contribution in [2.75, 3.05) is 17.6 Å². The van der Waals surface area contributed by atoms with Crippen molar-refractivity contribution < 1.29 is 4.92 Å². The van der Waals surface area contributed by atoms with Gasteiger partial charge in [0.1, 0.15) is 5.69 Å². The van der Waals surface area contributed by atoms with Crippen molar-refractivity contribution in [3.05, 3.63) is 15.8 Å². The number of anilines is 1. The number of nitro groups is 1.